The number of ether oxygens (including phenoxy) is 3. The number of esters is 2. The van der Waals surface area contributed by atoms with Gasteiger partial charge in [0.25, 0.3) is 0 Å². The van der Waals surface area contributed by atoms with Gasteiger partial charge in [0.05, 0.1) is 18.8 Å². The van der Waals surface area contributed by atoms with Crippen LogP contribution in [0.5, 0.6) is 0 Å². The van der Waals surface area contributed by atoms with Crippen molar-refractivity contribution in [2.24, 2.45) is 0 Å². The van der Waals surface area contributed by atoms with Crippen molar-refractivity contribution in [2.45, 2.75) is 223 Å². The molecule has 62 heavy (non-hydrogen) atoms. The average molecular weight is 901 g/mol. The first-order valence-electron chi connectivity index (χ1n) is 23.6. The van der Waals surface area contributed by atoms with E-state index in [2.05, 4.69) is 50.3 Å². The summed E-state index contributed by atoms with van der Waals surface area (Å²) in [5.41, 5.74) is 0. The molecule has 14 nitrogen and oxygen atoms in total. The lowest BCUT2D eigenvalue weighted by Crippen LogP contribution is -2.64. The molecule has 2 fully saturated rings. The summed E-state index contributed by atoms with van der Waals surface area (Å²) < 4.78 is 39.2. The number of hydrogen-bond donors (Lipinski definition) is 6. The summed E-state index contributed by atoms with van der Waals surface area (Å²) in [5.74, 6) is -1.18. The summed E-state index contributed by atoms with van der Waals surface area (Å²) in [5, 5.41) is 50.2. The molecule has 0 radical (unpaired) electrons. The fourth-order valence-corrected chi connectivity index (χ4v) is 8.05. The normalized spacial score (nSPS) is 25.5. The van der Waals surface area contributed by atoms with Crippen molar-refractivity contribution in [3.8, 4) is 0 Å². The SMILES string of the molecule is CCCCC/C=C\CC1OC1C/C=C\C/C=C\CCCC(=O)OC[C@H](COP(=O)(O)OC1[C@H](O)[C@H](O)C(O)[C@H](O)[C@H]1O)OC(=O)CCCCCCCCC/C=C\CCCCCC. The summed E-state index contributed by atoms with van der Waals surface area (Å²) in [6.07, 6.45) is 27.6. The van der Waals surface area contributed by atoms with Crippen molar-refractivity contribution >= 4 is 19.8 Å². The van der Waals surface area contributed by atoms with Gasteiger partial charge in [-0.05, 0) is 77.0 Å². The number of phosphoric acid groups is 1. The van der Waals surface area contributed by atoms with Gasteiger partial charge in [0.1, 0.15) is 43.2 Å². The number of phosphoric ester groups is 1. The zero-order valence-electron chi connectivity index (χ0n) is 37.6. The first-order chi connectivity index (χ1) is 29.9. The zero-order valence-corrected chi connectivity index (χ0v) is 38.5. The molecule has 0 amide bonds. The number of epoxide rings is 1. The second-order valence-electron chi connectivity index (χ2n) is 16.6. The van der Waals surface area contributed by atoms with E-state index >= 15 is 0 Å². The second-order valence-corrected chi connectivity index (χ2v) is 18.0. The standard InChI is InChI=1S/C47H81O14P/c1-3-5-7-9-11-12-13-14-15-16-17-18-21-26-30-34-41(49)59-37(36-58-62(55,56)61-47-45(53)43(51)42(50)44(52)46(47)54)35-57-40(48)33-29-25-22-19-20-24-28-32-39-38(60-39)31-27-23-10-8-6-4-2/h12-13,19,22-24,27-28,37-39,42-47,50-54H,3-11,14-18,20-21,25-26,29-36H2,1-2H3,(H,55,56)/b13-12-,22-19-,27-23-,28-24-/t37-,38?,39?,42?,43-,44+,45-,46-,47?/m1/s1. The minimum absolute atomic E-state index is 0.0760. The summed E-state index contributed by atoms with van der Waals surface area (Å²) in [6, 6.07) is 0. The summed E-state index contributed by atoms with van der Waals surface area (Å²) in [6.45, 7) is 3.19. The van der Waals surface area contributed by atoms with Crippen LogP contribution in [0.2, 0.25) is 0 Å². The molecule has 1 aliphatic carbocycles. The molecular formula is C47H81O14P. The number of allylic oxidation sites excluding steroid dienone is 6. The number of aliphatic hydroxyl groups excluding tert-OH is 5. The molecule has 0 aromatic rings. The Morgan fingerprint density at radius 1 is 0.565 bits per heavy atom. The lowest BCUT2D eigenvalue weighted by atomic mass is 9.85. The number of hydrogen-bond acceptors (Lipinski definition) is 13. The Kier molecular flexibility index (Phi) is 30.8. The fraction of sp³-hybridized carbons (Fsp3) is 0.787. The maximum absolute atomic E-state index is 12.8. The molecule has 1 saturated carbocycles. The molecule has 10 atom stereocenters. The largest absolute Gasteiger partial charge is 0.472 e. The zero-order chi connectivity index (χ0) is 45.4. The topological polar surface area (TPSA) is 222 Å². The molecule has 0 spiro atoms. The number of rotatable bonds is 37. The number of aliphatic hydroxyl groups is 5. The molecular weight excluding hydrogens is 819 g/mol. The molecule has 1 saturated heterocycles. The van der Waals surface area contributed by atoms with Gasteiger partial charge >= 0.3 is 19.8 Å². The lowest BCUT2D eigenvalue weighted by Gasteiger charge is -2.41. The Morgan fingerprint density at radius 3 is 1.65 bits per heavy atom. The minimum atomic E-state index is -5.14. The highest BCUT2D eigenvalue weighted by Crippen LogP contribution is 2.47. The van der Waals surface area contributed by atoms with E-state index in [1.807, 2.05) is 12.2 Å². The maximum atomic E-state index is 12.8. The first kappa shape index (κ1) is 55.9. The van der Waals surface area contributed by atoms with E-state index in [-0.39, 0.29) is 12.8 Å². The van der Waals surface area contributed by atoms with E-state index < -0.39 is 75.7 Å². The van der Waals surface area contributed by atoms with Gasteiger partial charge in [-0.3, -0.25) is 18.6 Å². The Bertz CT molecular complexity index is 1340. The molecule has 358 valence electrons. The monoisotopic (exact) mass is 901 g/mol. The molecule has 0 aromatic heterocycles. The van der Waals surface area contributed by atoms with Crippen LogP contribution in [0, 0.1) is 0 Å². The van der Waals surface area contributed by atoms with Gasteiger partial charge in [-0.1, -0.05) is 127 Å². The molecule has 2 rings (SSSR count). The van der Waals surface area contributed by atoms with Crippen molar-refractivity contribution in [2.75, 3.05) is 13.2 Å². The van der Waals surface area contributed by atoms with E-state index in [4.69, 9.17) is 23.3 Å². The number of carbonyl (C=O) groups excluding carboxylic acids is 2. The van der Waals surface area contributed by atoms with E-state index in [0.29, 0.717) is 31.5 Å². The Balaban J connectivity index is 1.73. The smallest absolute Gasteiger partial charge is 0.462 e. The van der Waals surface area contributed by atoms with E-state index in [9.17, 15) is 44.6 Å². The van der Waals surface area contributed by atoms with Crippen LogP contribution in [0.25, 0.3) is 0 Å². The summed E-state index contributed by atoms with van der Waals surface area (Å²) in [7, 11) is -5.14. The van der Waals surface area contributed by atoms with Crippen LogP contribution >= 0.6 is 7.82 Å². The Hall–Kier alpha value is -2.23. The van der Waals surface area contributed by atoms with Gasteiger partial charge in [-0.2, -0.15) is 0 Å². The first-order valence-corrected chi connectivity index (χ1v) is 25.1. The van der Waals surface area contributed by atoms with Crippen LogP contribution in [0.3, 0.4) is 0 Å². The molecule has 1 aliphatic heterocycles. The van der Waals surface area contributed by atoms with E-state index in [1.165, 1.54) is 44.9 Å². The van der Waals surface area contributed by atoms with Gasteiger partial charge in [0.15, 0.2) is 6.10 Å². The van der Waals surface area contributed by atoms with Crippen LogP contribution in [0.4, 0.5) is 0 Å². The Labute approximate surface area is 371 Å². The van der Waals surface area contributed by atoms with Crippen molar-refractivity contribution in [3.05, 3.63) is 48.6 Å². The van der Waals surface area contributed by atoms with Gasteiger partial charge in [0.2, 0.25) is 0 Å². The maximum Gasteiger partial charge on any atom is 0.472 e. The highest BCUT2D eigenvalue weighted by atomic mass is 31.2. The highest BCUT2D eigenvalue weighted by molar-refractivity contribution is 7.47. The van der Waals surface area contributed by atoms with Gasteiger partial charge in [-0.15, -0.1) is 0 Å². The summed E-state index contributed by atoms with van der Waals surface area (Å²) in [4.78, 5) is 35.7. The van der Waals surface area contributed by atoms with Crippen molar-refractivity contribution in [1.29, 1.82) is 0 Å². The lowest BCUT2D eigenvalue weighted by molar-refractivity contribution is -0.220. The third-order valence-electron chi connectivity index (χ3n) is 11.0. The van der Waals surface area contributed by atoms with Gasteiger partial charge in [0, 0.05) is 12.8 Å². The van der Waals surface area contributed by atoms with Crippen LogP contribution in [-0.2, 0) is 37.4 Å². The van der Waals surface area contributed by atoms with Crippen LogP contribution in [0.15, 0.2) is 48.6 Å². The van der Waals surface area contributed by atoms with Crippen molar-refractivity contribution in [3.63, 3.8) is 0 Å². The molecule has 5 unspecified atom stereocenters. The van der Waals surface area contributed by atoms with Gasteiger partial charge in [-0.25, -0.2) is 4.57 Å². The van der Waals surface area contributed by atoms with E-state index in [1.54, 1.807) is 0 Å². The second kappa shape index (κ2) is 34.2. The van der Waals surface area contributed by atoms with Crippen molar-refractivity contribution in [1.82, 2.24) is 0 Å². The minimum Gasteiger partial charge on any atom is -0.462 e. The summed E-state index contributed by atoms with van der Waals surface area (Å²) >= 11 is 0. The molecule has 15 heteroatoms. The quantitative estimate of drug-likeness (QED) is 0.0114. The van der Waals surface area contributed by atoms with Gasteiger partial charge < -0.3 is 44.6 Å². The third-order valence-corrected chi connectivity index (χ3v) is 12.0. The molecule has 6 N–H and O–H groups in total. The average Bonchev–Trinajstić information content (AvgIpc) is 4.01. The van der Waals surface area contributed by atoms with Crippen LogP contribution in [0.1, 0.15) is 168 Å². The van der Waals surface area contributed by atoms with Crippen LogP contribution < -0.4 is 0 Å². The molecule has 0 aromatic carbocycles. The van der Waals surface area contributed by atoms with E-state index in [0.717, 1.165) is 77.0 Å². The Morgan fingerprint density at radius 2 is 1.02 bits per heavy atom. The third kappa shape index (κ3) is 25.9. The van der Waals surface area contributed by atoms with Crippen molar-refractivity contribution < 1.29 is 67.8 Å². The highest BCUT2D eigenvalue weighted by Gasteiger charge is 2.51. The molecule has 0 bridgehead atoms. The fourth-order valence-electron chi connectivity index (χ4n) is 7.08. The van der Waals surface area contributed by atoms with Crippen LogP contribution in [-0.4, -0.2) is 111 Å². The predicted molar refractivity (Wildman–Crippen MR) is 239 cm³/mol. The predicted octanol–water partition coefficient (Wildman–Crippen LogP) is 8.16. The number of carbonyl (C=O) groups is 2. The molecule has 2 aliphatic rings. The molecule has 1 heterocycles. The number of unbranched alkanes of at least 4 members (excludes halogenated alkanes) is 15.